The second kappa shape index (κ2) is 8.19. The number of unbranched alkanes of at least 4 members (excludes halogenated alkanes) is 1. The summed E-state index contributed by atoms with van der Waals surface area (Å²) in [6.45, 7) is 7.54. The van der Waals surface area contributed by atoms with E-state index in [9.17, 15) is 8.42 Å². The first kappa shape index (κ1) is 16.9. The molecule has 0 aromatic carbocycles. The first-order valence-corrected chi connectivity index (χ1v) is 8.87. The first-order chi connectivity index (χ1) is 8.93. The summed E-state index contributed by atoms with van der Waals surface area (Å²) in [7, 11) is -1.00. The lowest BCUT2D eigenvalue weighted by atomic mass is 10.2. The van der Waals surface area contributed by atoms with E-state index in [1.165, 1.54) is 0 Å². The lowest BCUT2D eigenvalue weighted by Gasteiger charge is -2.23. The van der Waals surface area contributed by atoms with E-state index in [4.69, 9.17) is 0 Å². The van der Waals surface area contributed by atoms with Gasteiger partial charge in [-0.1, -0.05) is 0 Å². The van der Waals surface area contributed by atoms with Gasteiger partial charge in [0.25, 0.3) is 0 Å². The van der Waals surface area contributed by atoms with Gasteiger partial charge in [0.2, 0.25) is 10.0 Å². The van der Waals surface area contributed by atoms with Crippen molar-refractivity contribution in [1.29, 1.82) is 0 Å². The van der Waals surface area contributed by atoms with Crippen molar-refractivity contribution >= 4 is 10.0 Å². The third-order valence-corrected chi connectivity index (χ3v) is 5.80. The number of rotatable bonds is 8. The van der Waals surface area contributed by atoms with Crippen molar-refractivity contribution in [3.63, 3.8) is 0 Å². The molecule has 5 nitrogen and oxygen atoms in total. The highest BCUT2D eigenvalue weighted by Crippen LogP contribution is 2.11. The zero-order valence-electron chi connectivity index (χ0n) is 12.5. The third-order valence-electron chi connectivity index (χ3n) is 3.85. The second-order valence-corrected chi connectivity index (χ2v) is 7.72. The molecule has 0 bridgehead atoms. The number of sulfonamides is 1. The SMILES string of the molecule is CC(C)N(C)CCCCNS(=O)(=O)C1CCNCC1. The molecule has 0 amide bonds. The predicted molar refractivity (Wildman–Crippen MR) is 79.8 cm³/mol. The highest BCUT2D eigenvalue weighted by Gasteiger charge is 2.26. The van der Waals surface area contributed by atoms with Gasteiger partial charge in [-0.3, -0.25) is 0 Å². The molecule has 114 valence electrons. The fourth-order valence-corrected chi connectivity index (χ4v) is 3.70. The molecule has 0 atom stereocenters. The Morgan fingerprint density at radius 1 is 1.26 bits per heavy atom. The Bertz CT molecular complexity index is 338. The summed E-state index contributed by atoms with van der Waals surface area (Å²) in [6.07, 6.45) is 3.39. The van der Waals surface area contributed by atoms with E-state index in [2.05, 4.69) is 35.8 Å². The monoisotopic (exact) mass is 291 g/mol. The van der Waals surface area contributed by atoms with Gasteiger partial charge < -0.3 is 10.2 Å². The van der Waals surface area contributed by atoms with Crippen LogP contribution in [0.5, 0.6) is 0 Å². The van der Waals surface area contributed by atoms with E-state index in [1.54, 1.807) is 0 Å². The summed E-state index contributed by atoms with van der Waals surface area (Å²) < 4.78 is 26.8. The molecule has 1 aliphatic heterocycles. The average Bonchev–Trinajstić information content (AvgIpc) is 2.39. The number of piperidine rings is 1. The van der Waals surface area contributed by atoms with Crippen molar-refractivity contribution in [3.05, 3.63) is 0 Å². The van der Waals surface area contributed by atoms with Gasteiger partial charge in [-0.2, -0.15) is 0 Å². The van der Waals surface area contributed by atoms with Crippen LogP contribution in [0.4, 0.5) is 0 Å². The lowest BCUT2D eigenvalue weighted by molar-refractivity contribution is 0.268. The maximum absolute atomic E-state index is 12.0. The molecule has 0 radical (unpaired) electrons. The normalized spacial score (nSPS) is 18.4. The summed E-state index contributed by atoms with van der Waals surface area (Å²) in [5.74, 6) is 0. The second-order valence-electron chi connectivity index (χ2n) is 5.67. The van der Waals surface area contributed by atoms with E-state index < -0.39 is 10.0 Å². The Balaban J connectivity index is 2.17. The molecule has 0 saturated carbocycles. The van der Waals surface area contributed by atoms with Crippen molar-refractivity contribution in [2.24, 2.45) is 0 Å². The third kappa shape index (κ3) is 6.21. The Kier molecular flexibility index (Phi) is 7.28. The number of hydrogen-bond donors (Lipinski definition) is 2. The van der Waals surface area contributed by atoms with E-state index >= 15 is 0 Å². The topological polar surface area (TPSA) is 61.4 Å². The number of hydrogen-bond acceptors (Lipinski definition) is 4. The van der Waals surface area contributed by atoms with Gasteiger partial charge in [0.05, 0.1) is 5.25 Å². The van der Waals surface area contributed by atoms with Crippen LogP contribution in [-0.4, -0.2) is 57.8 Å². The summed E-state index contributed by atoms with van der Waals surface area (Å²) in [5, 5.41) is 2.99. The molecule has 0 aliphatic carbocycles. The van der Waals surface area contributed by atoms with Crippen LogP contribution in [0.3, 0.4) is 0 Å². The van der Waals surface area contributed by atoms with E-state index in [-0.39, 0.29) is 5.25 Å². The van der Waals surface area contributed by atoms with Crippen molar-refractivity contribution in [2.75, 3.05) is 33.2 Å². The van der Waals surface area contributed by atoms with Crippen molar-refractivity contribution in [3.8, 4) is 0 Å². The molecule has 1 rings (SSSR count). The highest BCUT2D eigenvalue weighted by atomic mass is 32.2. The predicted octanol–water partition coefficient (Wildman–Crippen LogP) is 0.778. The lowest BCUT2D eigenvalue weighted by Crippen LogP contribution is -2.41. The fourth-order valence-electron chi connectivity index (χ4n) is 2.18. The van der Waals surface area contributed by atoms with Crippen molar-refractivity contribution < 1.29 is 8.42 Å². The van der Waals surface area contributed by atoms with Crippen LogP contribution in [0.1, 0.15) is 39.5 Å². The summed E-state index contributed by atoms with van der Waals surface area (Å²) >= 11 is 0. The molecule has 0 aromatic rings. The maximum atomic E-state index is 12.0. The van der Waals surface area contributed by atoms with Crippen LogP contribution >= 0.6 is 0 Å². The van der Waals surface area contributed by atoms with Gasteiger partial charge in [0.1, 0.15) is 0 Å². The standard InChI is InChI=1S/C13H29N3O2S/c1-12(2)16(3)11-5-4-8-15-19(17,18)13-6-9-14-10-7-13/h12-15H,4-11H2,1-3H3. The van der Waals surface area contributed by atoms with Gasteiger partial charge in [0.15, 0.2) is 0 Å². The molecule has 2 N–H and O–H groups in total. The molecular weight excluding hydrogens is 262 g/mol. The van der Waals surface area contributed by atoms with Gasteiger partial charge in [0, 0.05) is 12.6 Å². The van der Waals surface area contributed by atoms with Crippen LogP contribution in [0.15, 0.2) is 0 Å². The highest BCUT2D eigenvalue weighted by molar-refractivity contribution is 7.90. The van der Waals surface area contributed by atoms with Crippen molar-refractivity contribution in [2.45, 2.75) is 50.8 Å². The van der Waals surface area contributed by atoms with Crippen LogP contribution in [0.2, 0.25) is 0 Å². The van der Waals surface area contributed by atoms with Gasteiger partial charge >= 0.3 is 0 Å². The molecule has 0 aromatic heterocycles. The molecule has 0 unspecified atom stereocenters. The molecule has 0 spiro atoms. The molecule has 6 heteroatoms. The van der Waals surface area contributed by atoms with Gasteiger partial charge in [-0.25, -0.2) is 13.1 Å². The molecule has 19 heavy (non-hydrogen) atoms. The average molecular weight is 291 g/mol. The zero-order valence-corrected chi connectivity index (χ0v) is 13.3. The molecule has 1 heterocycles. The van der Waals surface area contributed by atoms with Gasteiger partial charge in [-0.05, 0) is 66.2 Å². The minimum Gasteiger partial charge on any atom is -0.317 e. The Morgan fingerprint density at radius 3 is 2.47 bits per heavy atom. The maximum Gasteiger partial charge on any atom is 0.214 e. The molecular formula is C13H29N3O2S. The summed E-state index contributed by atoms with van der Waals surface area (Å²) in [4.78, 5) is 2.28. The first-order valence-electron chi connectivity index (χ1n) is 7.33. The largest absolute Gasteiger partial charge is 0.317 e. The Hall–Kier alpha value is -0.170. The minimum atomic E-state index is -3.10. The Labute approximate surface area is 118 Å². The molecule has 1 aliphatic rings. The smallest absolute Gasteiger partial charge is 0.214 e. The number of nitrogens with zero attached hydrogens (tertiary/aromatic N) is 1. The minimum absolute atomic E-state index is 0.202. The van der Waals surface area contributed by atoms with Crippen LogP contribution in [0, 0.1) is 0 Å². The molecule has 1 saturated heterocycles. The van der Waals surface area contributed by atoms with E-state index in [0.29, 0.717) is 12.6 Å². The Morgan fingerprint density at radius 2 is 1.89 bits per heavy atom. The molecule has 1 fully saturated rings. The van der Waals surface area contributed by atoms with Gasteiger partial charge in [-0.15, -0.1) is 0 Å². The zero-order chi connectivity index (χ0) is 14.3. The fraction of sp³-hybridized carbons (Fsp3) is 1.00. The summed E-state index contributed by atoms with van der Waals surface area (Å²) in [5.41, 5.74) is 0. The van der Waals surface area contributed by atoms with E-state index in [1.807, 2.05) is 0 Å². The van der Waals surface area contributed by atoms with Crippen LogP contribution < -0.4 is 10.0 Å². The number of nitrogens with one attached hydrogen (secondary N) is 2. The van der Waals surface area contributed by atoms with Crippen molar-refractivity contribution in [1.82, 2.24) is 14.9 Å². The summed E-state index contributed by atoms with van der Waals surface area (Å²) in [6, 6.07) is 0.548. The quantitative estimate of drug-likeness (QED) is 0.649. The van der Waals surface area contributed by atoms with E-state index in [0.717, 1.165) is 45.3 Å². The van der Waals surface area contributed by atoms with Crippen LogP contribution in [-0.2, 0) is 10.0 Å². The van der Waals surface area contributed by atoms with Crippen LogP contribution in [0.25, 0.3) is 0 Å².